The number of carbonyl (C=O) groups excluding carboxylic acids is 1. The summed E-state index contributed by atoms with van der Waals surface area (Å²) in [7, 11) is 1.45. The van der Waals surface area contributed by atoms with Crippen LogP contribution in [0.5, 0.6) is 5.88 Å². The van der Waals surface area contributed by atoms with Gasteiger partial charge < -0.3 is 29.1 Å². The predicted molar refractivity (Wildman–Crippen MR) is 175 cm³/mol. The number of ether oxygens (including phenoxy) is 3. The Bertz CT molecular complexity index is 1700. The van der Waals surface area contributed by atoms with Crippen LogP contribution in [-0.4, -0.2) is 78.2 Å². The third-order valence-electron chi connectivity index (χ3n) is 8.64. The number of methoxy groups -OCH3 is 1. The lowest BCUT2D eigenvalue weighted by molar-refractivity contribution is -0.138. The number of nitriles is 1. The average Bonchev–Trinajstić information content (AvgIpc) is 3.12. The molecule has 1 fully saturated rings. The predicted octanol–water partition coefficient (Wildman–Crippen LogP) is 5.74. The number of carboxylic acid groups (broad SMARTS) is 1. The highest BCUT2D eigenvalue weighted by molar-refractivity contribution is 5.90. The molecule has 266 valence electrons. The zero-order chi connectivity index (χ0) is 35.8. The van der Waals surface area contributed by atoms with E-state index in [9.17, 15) is 28.0 Å². The summed E-state index contributed by atoms with van der Waals surface area (Å²) in [6, 6.07) is 7.24. The van der Waals surface area contributed by atoms with Gasteiger partial charge in [-0.3, -0.25) is 9.69 Å². The van der Waals surface area contributed by atoms with Gasteiger partial charge in [0, 0.05) is 38.2 Å². The fourth-order valence-electron chi connectivity index (χ4n) is 6.14. The van der Waals surface area contributed by atoms with Gasteiger partial charge in [0.15, 0.2) is 0 Å². The number of nitrogens with zero attached hydrogens (tertiary/aromatic N) is 7. The molecule has 1 unspecified atom stereocenters. The monoisotopic (exact) mass is 697 g/mol. The summed E-state index contributed by atoms with van der Waals surface area (Å²) in [6.45, 7) is 4.21. The van der Waals surface area contributed by atoms with Crippen LogP contribution in [0.25, 0.3) is 0 Å². The van der Waals surface area contributed by atoms with E-state index in [1.807, 2.05) is 13.0 Å². The van der Waals surface area contributed by atoms with E-state index >= 15 is 0 Å². The van der Waals surface area contributed by atoms with Crippen molar-refractivity contribution in [3.63, 3.8) is 0 Å². The van der Waals surface area contributed by atoms with E-state index in [0.29, 0.717) is 56.9 Å². The third-order valence-corrected chi connectivity index (χ3v) is 8.64. The lowest BCUT2D eigenvalue weighted by Crippen LogP contribution is -2.48. The number of aromatic nitrogens is 3. The number of hydrogen-bond donors (Lipinski definition) is 1. The number of carboxylic acids is 1. The van der Waals surface area contributed by atoms with Gasteiger partial charge in [0.05, 0.1) is 79.6 Å². The number of morpholine rings is 1. The molecule has 2 atom stereocenters. The Hall–Kier alpha value is -5.17. The van der Waals surface area contributed by atoms with Crippen LogP contribution in [-0.2, 0) is 27.0 Å². The summed E-state index contributed by atoms with van der Waals surface area (Å²) in [5.41, 5.74) is 0.674. The largest absolute Gasteiger partial charge is 0.481 e. The van der Waals surface area contributed by atoms with Crippen molar-refractivity contribution in [2.24, 2.45) is 0 Å². The van der Waals surface area contributed by atoms with Gasteiger partial charge in [0.2, 0.25) is 11.8 Å². The highest BCUT2D eigenvalue weighted by Crippen LogP contribution is 2.43. The Morgan fingerprint density at radius 3 is 2.52 bits per heavy atom. The van der Waals surface area contributed by atoms with E-state index in [4.69, 9.17) is 24.3 Å². The molecule has 16 heteroatoms. The number of pyridine rings is 1. The van der Waals surface area contributed by atoms with E-state index in [1.165, 1.54) is 18.1 Å². The van der Waals surface area contributed by atoms with Crippen molar-refractivity contribution in [3.05, 3.63) is 65.1 Å². The van der Waals surface area contributed by atoms with Gasteiger partial charge in [-0.15, -0.1) is 0 Å². The molecule has 0 saturated carbocycles. The molecule has 0 bridgehead atoms. The molecule has 1 amide bonds. The van der Waals surface area contributed by atoms with Crippen LogP contribution >= 0.6 is 0 Å². The molecule has 50 heavy (non-hydrogen) atoms. The molecule has 2 aliphatic rings. The highest BCUT2D eigenvalue weighted by atomic mass is 19.4. The molecular formula is C34H38F3N7O6. The SMILES string of the molecule is CC[C@@H]1CC(N(Cc2cc(C#N)cc(C(F)(F)F)c2)c2ncc(N3CCOCC3)cn2)c2nc(OC)ccc2N1C(=O)OCCCCC(=O)O. The maximum Gasteiger partial charge on any atom is 0.416 e. The molecule has 5 rings (SSSR count). The number of fused-ring (bicyclic) bond motifs is 1. The smallest absolute Gasteiger partial charge is 0.416 e. The molecule has 1 saturated heterocycles. The van der Waals surface area contributed by atoms with Crippen molar-refractivity contribution in [1.29, 1.82) is 5.26 Å². The van der Waals surface area contributed by atoms with Crippen molar-refractivity contribution >= 4 is 29.4 Å². The van der Waals surface area contributed by atoms with Crippen molar-refractivity contribution < 1.29 is 42.1 Å². The van der Waals surface area contributed by atoms with Crippen LogP contribution in [0, 0.1) is 11.3 Å². The standard InChI is InChI=1S/C34H38F3N7O6/c1-3-25-17-28(31-27(7-8-29(41-31)48-2)44(25)33(47)50-11-5-4-6-30(45)46)43(21-23-14-22(18-38)15-24(16-23)34(35,36)37)32-39-19-26(20-40-32)42-9-12-49-13-10-42/h7-8,14-16,19-20,25,28H,3-6,9-13,17,21H2,1-2H3,(H,45,46)/t25-,28?/m1/s1. The summed E-state index contributed by atoms with van der Waals surface area (Å²) in [4.78, 5) is 43.8. The molecule has 2 aromatic heterocycles. The van der Waals surface area contributed by atoms with Gasteiger partial charge in [-0.2, -0.15) is 18.4 Å². The van der Waals surface area contributed by atoms with Gasteiger partial charge in [-0.25, -0.2) is 19.7 Å². The molecule has 2 aliphatic heterocycles. The molecule has 0 radical (unpaired) electrons. The zero-order valence-corrected chi connectivity index (χ0v) is 27.7. The third kappa shape index (κ3) is 8.51. The molecule has 0 spiro atoms. The average molecular weight is 698 g/mol. The Labute approximate surface area is 287 Å². The first kappa shape index (κ1) is 36.1. The number of rotatable bonds is 12. The quantitative estimate of drug-likeness (QED) is 0.230. The molecule has 4 heterocycles. The minimum atomic E-state index is -4.68. The minimum Gasteiger partial charge on any atom is -0.481 e. The first-order chi connectivity index (χ1) is 24.0. The maximum absolute atomic E-state index is 13.9. The van der Waals surface area contributed by atoms with Gasteiger partial charge in [0.1, 0.15) is 0 Å². The number of aliphatic carboxylic acids is 1. The number of anilines is 3. The van der Waals surface area contributed by atoms with E-state index < -0.39 is 35.9 Å². The molecule has 0 aliphatic carbocycles. The summed E-state index contributed by atoms with van der Waals surface area (Å²) >= 11 is 0. The number of hydrogen-bond acceptors (Lipinski definition) is 11. The lowest BCUT2D eigenvalue weighted by Gasteiger charge is -2.43. The topological polar surface area (TPSA) is 154 Å². The first-order valence-electron chi connectivity index (χ1n) is 16.3. The zero-order valence-electron chi connectivity index (χ0n) is 27.7. The number of unbranched alkanes of at least 4 members (excludes halogenated alkanes) is 1. The Morgan fingerprint density at radius 2 is 1.88 bits per heavy atom. The van der Waals surface area contributed by atoms with Gasteiger partial charge in [-0.05, 0) is 55.5 Å². The summed E-state index contributed by atoms with van der Waals surface area (Å²) in [5, 5.41) is 18.5. The Kier molecular flexibility index (Phi) is 11.6. The number of benzene rings is 1. The van der Waals surface area contributed by atoms with Crippen LogP contribution in [0.3, 0.4) is 0 Å². The highest BCUT2D eigenvalue weighted by Gasteiger charge is 2.41. The van der Waals surface area contributed by atoms with Crippen molar-refractivity contribution in [1.82, 2.24) is 15.0 Å². The van der Waals surface area contributed by atoms with Gasteiger partial charge >= 0.3 is 18.2 Å². The van der Waals surface area contributed by atoms with Gasteiger partial charge in [-0.1, -0.05) is 6.92 Å². The molecule has 1 N–H and O–H groups in total. The molecule has 13 nitrogen and oxygen atoms in total. The molecule has 1 aromatic carbocycles. The molecule has 3 aromatic rings. The summed E-state index contributed by atoms with van der Waals surface area (Å²) in [6.07, 6.45) is -0.571. The van der Waals surface area contributed by atoms with Crippen molar-refractivity contribution in [2.45, 2.75) is 63.8 Å². The summed E-state index contributed by atoms with van der Waals surface area (Å²) < 4.78 is 58.2. The minimum absolute atomic E-state index is 0.0214. The maximum atomic E-state index is 13.9. The number of amides is 1. The number of alkyl halides is 3. The van der Waals surface area contributed by atoms with E-state index in [-0.39, 0.29) is 48.9 Å². The van der Waals surface area contributed by atoms with Gasteiger partial charge in [0.25, 0.3) is 0 Å². The second kappa shape index (κ2) is 16.0. The fourth-order valence-corrected chi connectivity index (χ4v) is 6.14. The van der Waals surface area contributed by atoms with Crippen LogP contribution < -0.4 is 19.4 Å². The molecular weight excluding hydrogens is 659 g/mol. The Balaban J connectivity index is 1.56. The fraction of sp³-hybridized carbons (Fsp3) is 0.471. The lowest BCUT2D eigenvalue weighted by atomic mass is 9.92. The van der Waals surface area contributed by atoms with Crippen molar-refractivity contribution in [3.8, 4) is 11.9 Å². The normalized spacial score (nSPS) is 17.4. The second-order valence-corrected chi connectivity index (χ2v) is 11.9. The van der Waals surface area contributed by atoms with Crippen LogP contribution in [0.4, 0.5) is 35.3 Å². The van der Waals surface area contributed by atoms with Crippen molar-refractivity contribution in [2.75, 3.05) is 54.7 Å². The van der Waals surface area contributed by atoms with E-state index in [2.05, 4.69) is 14.9 Å². The number of carbonyl (C=O) groups is 2. The van der Waals surface area contributed by atoms with Crippen LogP contribution in [0.2, 0.25) is 0 Å². The second-order valence-electron chi connectivity index (χ2n) is 11.9. The van der Waals surface area contributed by atoms with Crippen LogP contribution in [0.1, 0.15) is 67.5 Å². The number of halogens is 3. The van der Waals surface area contributed by atoms with E-state index in [0.717, 1.165) is 17.8 Å². The van der Waals surface area contributed by atoms with E-state index in [1.54, 1.807) is 29.4 Å². The van der Waals surface area contributed by atoms with Crippen LogP contribution in [0.15, 0.2) is 42.7 Å². The first-order valence-corrected chi connectivity index (χ1v) is 16.3. The summed E-state index contributed by atoms with van der Waals surface area (Å²) in [5.74, 6) is -0.473. The Morgan fingerprint density at radius 1 is 1.14 bits per heavy atom.